The summed E-state index contributed by atoms with van der Waals surface area (Å²) in [6.07, 6.45) is 4.10. The Balaban J connectivity index is 0.000000980. The van der Waals surface area contributed by atoms with E-state index in [1.807, 2.05) is 4.90 Å². The number of amides is 1. The van der Waals surface area contributed by atoms with Crippen molar-refractivity contribution in [3.63, 3.8) is 0 Å². The van der Waals surface area contributed by atoms with Gasteiger partial charge in [0.15, 0.2) is 0 Å². The number of nitrogens with two attached hydrogens (primary N) is 1. The summed E-state index contributed by atoms with van der Waals surface area (Å²) >= 11 is 0. The number of hydrogen-bond acceptors (Lipinski definition) is 2. The lowest BCUT2D eigenvalue weighted by atomic mass is 10.0. The van der Waals surface area contributed by atoms with Gasteiger partial charge in [0, 0.05) is 24.5 Å². The van der Waals surface area contributed by atoms with E-state index in [0.29, 0.717) is 11.9 Å². The minimum Gasteiger partial charge on any atom is -0.342 e. The molecular weight excluding hydrogens is 200 g/mol. The monoisotopic (exact) mass is 218 g/mol. The number of carbonyl (C=O) groups excluding carboxylic acids is 1. The Hall–Kier alpha value is -0.280. The topological polar surface area (TPSA) is 46.3 Å². The van der Waals surface area contributed by atoms with E-state index in [0.717, 1.165) is 38.8 Å². The average Bonchev–Trinajstić information content (AvgIpc) is 2.85. The molecule has 1 aliphatic carbocycles. The van der Waals surface area contributed by atoms with Gasteiger partial charge in [0.1, 0.15) is 0 Å². The summed E-state index contributed by atoms with van der Waals surface area (Å²) in [6, 6.07) is 0.316. The molecule has 1 saturated heterocycles. The predicted molar refractivity (Wildman–Crippen MR) is 58.4 cm³/mol. The van der Waals surface area contributed by atoms with Crippen LogP contribution >= 0.6 is 12.4 Å². The number of nitrogens with zero attached hydrogens (tertiary/aromatic N) is 1. The van der Waals surface area contributed by atoms with E-state index in [2.05, 4.69) is 6.92 Å². The zero-order valence-electron chi connectivity index (χ0n) is 8.66. The van der Waals surface area contributed by atoms with Crippen LogP contribution in [0.3, 0.4) is 0 Å². The minimum atomic E-state index is 0. The maximum atomic E-state index is 11.9. The van der Waals surface area contributed by atoms with Gasteiger partial charge in [-0.15, -0.1) is 12.4 Å². The van der Waals surface area contributed by atoms with E-state index in [1.54, 1.807) is 0 Å². The number of hydrogen-bond donors (Lipinski definition) is 1. The van der Waals surface area contributed by atoms with Crippen molar-refractivity contribution in [1.29, 1.82) is 0 Å². The fraction of sp³-hybridized carbons (Fsp3) is 0.900. The highest BCUT2D eigenvalue weighted by Gasteiger charge is 2.47. The average molecular weight is 219 g/mol. The first-order valence-corrected chi connectivity index (χ1v) is 5.17. The maximum absolute atomic E-state index is 11.9. The van der Waals surface area contributed by atoms with Crippen LogP contribution in [0.5, 0.6) is 0 Å². The Kier molecular flexibility index (Phi) is 3.43. The second kappa shape index (κ2) is 4.07. The quantitative estimate of drug-likeness (QED) is 0.718. The molecule has 1 saturated carbocycles. The van der Waals surface area contributed by atoms with Gasteiger partial charge in [-0.05, 0) is 25.7 Å². The molecule has 0 radical (unpaired) electrons. The molecule has 0 bridgehead atoms. The van der Waals surface area contributed by atoms with Gasteiger partial charge in [0.2, 0.25) is 5.91 Å². The molecule has 3 nitrogen and oxygen atoms in total. The first kappa shape index (κ1) is 11.8. The largest absolute Gasteiger partial charge is 0.342 e. The number of halogens is 1. The second-order valence-electron chi connectivity index (χ2n) is 4.69. The molecule has 0 unspecified atom stereocenters. The Morgan fingerprint density at radius 3 is 2.29 bits per heavy atom. The van der Waals surface area contributed by atoms with Crippen LogP contribution in [0.2, 0.25) is 0 Å². The molecule has 1 amide bonds. The molecule has 2 fully saturated rings. The lowest BCUT2D eigenvalue weighted by molar-refractivity contribution is -0.137. The van der Waals surface area contributed by atoms with Crippen molar-refractivity contribution < 1.29 is 4.79 Å². The Labute approximate surface area is 91.4 Å². The smallest absolute Gasteiger partial charge is 0.228 e. The number of rotatable bonds is 1. The molecule has 0 aromatic heterocycles. The molecule has 4 heteroatoms. The van der Waals surface area contributed by atoms with E-state index in [4.69, 9.17) is 5.73 Å². The van der Waals surface area contributed by atoms with Crippen LogP contribution in [0.4, 0.5) is 0 Å². The molecule has 2 aliphatic rings. The van der Waals surface area contributed by atoms with Crippen molar-refractivity contribution >= 4 is 18.3 Å². The third-order valence-corrected chi connectivity index (χ3v) is 3.34. The van der Waals surface area contributed by atoms with E-state index < -0.39 is 0 Å². The van der Waals surface area contributed by atoms with Gasteiger partial charge >= 0.3 is 0 Å². The summed E-state index contributed by atoms with van der Waals surface area (Å²) in [4.78, 5) is 13.9. The third kappa shape index (κ3) is 2.20. The Morgan fingerprint density at radius 1 is 1.36 bits per heavy atom. The highest BCUT2D eigenvalue weighted by Crippen LogP contribution is 2.46. The van der Waals surface area contributed by atoms with E-state index in [-0.39, 0.29) is 17.8 Å². The van der Waals surface area contributed by atoms with Gasteiger partial charge in [-0.25, -0.2) is 0 Å². The molecule has 82 valence electrons. The van der Waals surface area contributed by atoms with E-state index in [1.165, 1.54) is 0 Å². The van der Waals surface area contributed by atoms with E-state index in [9.17, 15) is 4.79 Å². The van der Waals surface area contributed by atoms with Gasteiger partial charge in [-0.1, -0.05) is 6.92 Å². The predicted octanol–water partition coefficient (Wildman–Crippen LogP) is 1.16. The van der Waals surface area contributed by atoms with Crippen molar-refractivity contribution in [2.75, 3.05) is 13.1 Å². The van der Waals surface area contributed by atoms with Gasteiger partial charge in [0.05, 0.1) is 0 Å². The van der Waals surface area contributed by atoms with Crippen LogP contribution in [0.15, 0.2) is 0 Å². The molecule has 0 spiro atoms. The van der Waals surface area contributed by atoms with Gasteiger partial charge < -0.3 is 10.6 Å². The van der Waals surface area contributed by atoms with Crippen molar-refractivity contribution in [3.8, 4) is 0 Å². The second-order valence-corrected chi connectivity index (χ2v) is 4.69. The summed E-state index contributed by atoms with van der Waals surface area (Å²) < 4.78 is 0. The Bertz CT molecular complexity index is 220. The maximum Gasteiger partial charge on any atom is 0.228 e. The first-order valence-electron chi connectivity index (χ1n) is 5.17. The fourth-order valence-corrected chi connectivity index (χ4v) is 1.89. The molecular formula is C10H19ClN2O. The summed E-state index contributed by atoms with van der Waals surface area (Å²) in [5.41, 5.74) is 5.79. The molecule has 14 heavy (non-hydrogen) atoms. The van der Waals surface area contributed by atoms with Crippen LogP contribution in [0.25, 0.3) is 0 Å². The molecule has 0 aromatic carbocycles. The summed E-state index contributed by atoms with van der Waals surface area (Å²) in [6.45, 7) is 3.81. The van der Waals surface area contributed by atoms with Gasteiger partial charge in [-0.2, -0.15) is 0 Å². The lowest BCUT2D eigenvalue weighted by Crippen LogP contribution is -2.45. The van der Waals surface area contributed by atoms with Crippen molar-refractivity contribution in [2.45, 2.75) is 38.6 Å². The molecule has 1 heterocycles. The summed E-state index contributed by atoms with van der Waals surface area (Å²) in [5, 5.41) is 0. The minimum absolute atomic E-state index is 0. The number of piperidine rings is 1. The molecule has 1 aliphatic heterocycles. The van der Waals surface area contributed by atoms with Crippen molar-refractivity contribution in [3.05, 3.63) is 0 Å². The third-order valence-electron chi connectivity index (χ3n) is 3.34. The number of likely N-dealkylation sites (tertiary alicyclic amines) is 1. The standard InChI is InChI=1S/C10H18N2O.ClH/c1-10(4-5-10)9(13)12-6-2-8(11)3-7-12;/h8H,2-7,11H2,1H3;1H. The van der Waals surface area contributed by atoms with Crippen LogP contribution in [0.1, 0.15) is 32.6 Å². The fourth-order valence-electron chi connectivity index (χ4n) is 1.89. The molecule has 2 rings (SSSR count). The highest BCUT2D eigenvalue weighted by molar-refractivity contribution is 5.85. The zero-order valence-corrected chi connectivity index (χ0v) is 9.48. The zero-order chi connectivity index (χ0) is 9.47. The summed E-state index contributed by atoms with van der Waals surface area (Å²) in [7, 11) is 0. The SMILES string of the molecule is CC1(C(=O)N2CCC(N)CC2)CC1.Cl. The van der Waals surface area contributed by atoms with Crippen LogP contribution < -0.4 is 5.73 Å². The van der Waals surface area contributed by atoms with Crippen LogP contribution in [0, 0.1) is 5.41 Å². The van der Waals surface area contributed by atoms with Gasteiger partial charge in [0.25, 0.3) is 0 Å². The normalized spacial score (nSPS) is 25.4. The molecule has 0 atom stereocenters. The highest BCUT2D eigenvalue weighted by atomic mass is 35.5. The number of carbonyl (C=O) groups is 1. The Morgan fingerprint density at radius 2 is 1.86 bits per heavy atom. The first-order chi connectivity index (χ1) is 6.12. The van der Waals surface area contributed by atoms with Crippen molar-refractivity contribution in [1.82, 2.24) is 4.90 Å². The van der Waals surface area contributed by atoms with Crippen LogP contribution in [-0.2, 0) is 4.79 Å². The van der Waals surface area contributed by atoms with Gasteiger partial charge in [-0.3, -0.25) is 4.79 Å². The van der Waals surface area contributed by atoms with Crippen molar-refractivity contribution in [2.24, 2.45) is 11.1 Å². The summed E-state index contributed by atoms with van der Waals surface area (Å²) in [5.74, 6) is 0.361. The lowest BCUT2D eigenvalue weighted by Gasteiger charge is -2.32. The molecule has 0 aromatic rings. The molecule has 2 N–H and O–H groups in total. The van der Waals surface area contributed by atoms with E-state index >= 15 is 0 Å². The van der Waals surface area contributed by atoms with Crippen LogP contribution in [-0.4, -0.2) is 29.9 Å².